The summed E-state index contributed by atoms with van der Waals surface area (Å²) in [6, 6.07) is 11.2. The van der Waals surface area contributed by atoms with Crippen LogP contribution < -0.4 is 10.6 Å². The highest BCUT2D eigenvalue weighted by atomic mass is 16.5. The zero-order valence-corrected chi connectivity index (χ0v) is 16.4. The van der Waals surface area contributed by atoms with Crippen LogP contribution in [0.1, 0.15) is 24.8 Å². The molecule has 3 aliphatic heterocycles. The molecule has 6 heteroatoms. The van der Waals surface area contributed by atoms with Crippen molar-refractivity contribution in [2.75, 3.05) is 46.3 Å². The number of nitrogens with one attached hydrogen (secondary N) is 2. The van der Waals surface area contributed by atoms with Gasteiger partial charge in [0, 0.05) is 52.9 Å². The van der Waals surface area contributed by atoms with Gasteiger partial charge in [-0.2, -0.15) is 0 Å². The molecule has 0 aromatic heterocycles. The van der Waals surface area contributed by atoms with Gasteiger partial charge in [0.2, 0.25) is 0 Å². The van der Waals surface area contributed by atoms with Crippen LogP contribution in [0.25, 0.3) is 0 Å². The molecule has 0 spiro atoms. The average Bonchev–Trinajstić information content (AvgIpc) is 3.32. The lowest BCUT2D eigenvalue weighted by Gasteiger charge is -2.34. The van der Waals surface area contributed by atoms with Crippen molar-refractivity contribution in [1.82, 2.24) is 20.4 Å². The lowest BCUT2D eigenvalue weighted by Crippen LogP contribution is -2.51. The summed E-state index contributed by atoms with van der Waals surface area (Å²) in [7, 11) is 1.85. The van der Waals surface area contributed by atoms with E-state index in [-0.39, 0.29) is 0 Å². The van der Waals surface area contributed by atoms with Gasteiger partial charge >= 0.3 is 0 Å². The van der Waals surface area contributed by atoms with Gasteiger partial charge in [0.05, 0.1) is 18.2 Å². The predicted octanol–water partition coefficient (Wildman–Crippen LogP) is 1.29. The third-order valence-electron chi connectivity index (χ3n) is 6.09. The molecule has 4 rings (SSSR count). The van der Waals surface area contributed by atoms with E-state index in [0.29, 0.717) is 18.2 Å². The Hall–Kier alpha value is -1.63. The van der Waals surface area contributed by atoms with Crippen LogP contribution in [0.15, 0.2) is 35.3 Å². The first kappa shape index (κ1) is 18.7. The van der Waals surface area contributed by atoms with Crippen LogP contribution in [-0.4, -0.2) is 80.3 Å². The van der Waals surface area contributed by atoms with E-state index in [1.165, 1.54) is 18.4 Å². The summed E-state index contributed by atoms with van der Waals surface area (Å²) in [5.41, 5.74) is 1.41. The minimum absolute atomic E-state index is 0.381. The van der Waals surface area contributed by atoms with Gasteiger partial charge in [-0.3, -0.25) is 14.8 Å². The smallest absolute Gasteiger partial charge is 0.191 e. The normalized spacial score (nSPS) is 29.2. The summed E-state index contributed by atoms with van der Waals surface area (Å²) >= 11 is 0. The quantitative estimate of drug-likeness (QED) is 0.583. The molecule has 1 aromatic rings. The van der Waals surface area contributed by atoms with Gasteiger partial charge in [0.25, 0.3) is 0 Å². The second kappa shape index (κ2) is 9.04. The van der Waals surface area contributed by atoms with Crippen LogP contribution in [0.4, 0.5) is 0 Å². The number of hydrogen-bond donors (Lipinski definition) is 2. The fourth-order valence-corrected chi connectivity index (χ4v) is 4.51. The van der Waals surface area contributed by atoms with Crippen LogP contribution in [0.2, 0.25) is 0 Å². The average molecular weight is 372 g/mol. The number of guanidine groups is 1. The number of hydrogen-bond acceptors (Lipinski definition) is 4. The molecule has 3 heterocycles. The lowest BCUT2D eigenvalue weighted by molar-refractivity contribution is 0.0992. The fraction of sp³-hybridized carbons (Fsp3) is 0.667. The Balaban J connectivity index is 1.13. The molecular formula is C21H33N5O. The summed E-state index contributed by atoms with van der Waals surface area (Å²) in [6.07, 6.45) is 4.39. The molecule has 0 amide bonds. The Kier molecular flexibility index (Phi) is 6.27. The number of piperazine rings is 1. The lowest BCUT2D eigenvalue weighted by atomic mass is 9.96. The predicted molar refractivity (Wildman–Crippen MR) is 109 cm³/mol. The van der Waals surface area contributed by atoms with E-state index in [0.717, 1.165) is 58.2 Å². The van der Waals surface area contributed by atoms with E-state index < -0.39 is 0 Å². The summed E-state index contributed by atoms with van der Waals surface area (Å²) in [4.78, 5) is 9.48. The van der Waals surface area contributed by atoms with E-state index >= 15 is 0 Å². The molecular weight excluding hydrogens is 338 g/mol. The summed E-state index contributed by atoms with van der Waals surface area (Å²) in [5, 5.41) is 7.04. The standard InChI is InChI=1S/C21H33N5O/c1-22-21(24-19-15-18-7-8-20(19)27-18)23-9-10-25-11-13-26(14-12-25)16-17-5-3-2-4-6-17/h2-6,18-20H,7-16H2,1H3,(H2,22,23,24). The van der Waals surface area contributed by atoms with Gasteiger partial charge in [-0.15, -0.1) is 0 Å². The van der Waals surface area contributed by atoms with Crippen molar-refractivity contribution >= 4 is 5.96 Å². The first-order valence-electron chi connectivity index (χ1n) is 10.4. The van der Waals surface area contributed by atoms with Gasteiger partial charge in [-0.25, -0.2) is 0 Å². The van der Waals surface area contributed by atoms with Crippen molar-refractivity contribution < 1.29 is 4.74 Å². The maximum absolute atomic E-state index is 5.92. The molecule has 3 aliphatic rings. The number of aliphatic imine (C=N–C) groups is 1. The van der Waals surface area contributed by atoms with Crippen LogP contribution >= 0.6 is 0 Å². The van der Waals surface area contributed by atoms with E-state index in [1.54, 1.807) is 0 Å². The van der Waals surface area contributed by atoms with Crippen molar-refractivity contribution in [2.24, 2.45) is 4.99 Å². The van der Waals surface area contributed by atoms with Gasteiger partial charge in [0.1, 0.15) is 0 Å². The maximum Gasteiger partial charge on any atom is 0.191 e. The van der Waals surface area contributed by atoms with Crippen molar-refractivity contribution in [3.05, 3.63) is 35.9 Å². The summed E-state index contributed by atoms with van der Waals surface area (Å²) < 4.78 is 5.92. The first-order valence-corrected chi connectivity index (χ1v) is 10.4. The van der Waals surface area contributed by atoms with Crippen LogP contribution in [0.3, 0.4) is 0 Å². The zero-order valence-electron chi connectivity index (χ0n) is 16.4. The minimum Gasteiger partial charge on any atom is -0.373 e. The molecule has 0 aliphatic carbocycles. The second-order valence-corrected chi connectivity index (χ2v) is 7.96. The fourth-order valence-electron chi connectivity index (χ4n) is 4.51. The highest BCUT2D eigenvalue weighted by Gasteiger charge is 2.41. The highest BCUT2D eigenvalue weighted by molar-refractivity contribution is 5.80. The molecule has 3 fully saturated rings. The Morgan fingerprint density at radius 1 is 1.11 bits per heavy atom. The van der Waals surface area contributed by atoms with Gasteiger partial charge in [-0.05, 0) is 24.8 Å². The van der Waals surface area contributed by atoms with Gasteiger partial charge in [0.15, 0.2) is 5.96 Å². The third-order valence-corrected chi connectivity index (χ3v) is 6.09. The number of benzene rings is 1. The molecule has 6 nitrogen and oxygen atoms in total. The van der Waals surface area contributed by atoms with Crippen LogP contribution in [0, 0.1) is 0 Å². The van der Waals surface area contributed by atoms with Gasteiger partial charge in [-0.1, -0.05) is 30.3 Å². The summed E-state index contributed by atoms with van der Waals surface area (Å²) in [6.45, 7) is 7.62. The van der Waals surface area contributed by atoms with Crippen molar-refractivity contribution in [1.29, 1.82) is 0 Å². The monoisotopic (exact) mass is 371 g/mol. The van der Waals surface area contributed by atoms with E-state index in [2.05, 4.69) is 55.8 Å². The van der Waals surface area contributed by atoms with Crippen LogP contribution in [0.5, 0.6) is 0 Å². The van der Waals surface area contributed by atoms with E-state index in [4.69, 9.17) is 4.74 Å². The number of ether oxygens (including phenoxy) is 1. The molecule has 0 radical (unpaired) electrons. The Bertz CT molecular complexity index is 614. The molecule has 27 heavy (non-hydrogen) atoms. The van der Waals surface area contributed by atoms with Crippen molar-refractivity contribution in [3.63, 3.8) is 0 Å². The molecule has 148 valence electrons. The molecule has 2 N–H and O–H groups in total. The summed E-state index contributed by atoms with van der Waals surface area (Å²) in [5.74, 6) is 0.916. The number of fused-ring (bicyclic) bond motifs is 2. The van der Waals surface area contributed by atoms with Crippen molar-refractivity contribution in [2.45, 2.75) is 44.1 Å². The molecule has 3 unspecified atom stereocenters. The van der Waals surface area contributed by atoms with E-state index in [1.807, 2.05) is 7.05 Å². The maximum atomic E-state index is 5.92. The molecule has 3 atom stereocenters. The third kappa shape index (κ3) is 5.00. The second-order valence-electron chi connectivity index (χ2n) is 7.96. The highest BCUT2D eigenvalue weighted by Crippen LogP contribution is 2.34. The van der Waals surface area contributed by atoms with Crippen LogP contribution in [-0.2, 0) is 11.3 Å². The molecule has 3 saturated heterocycles. The molecule has 2 bridgehead atoms. The van der Waals surface area contributed by atoms with E-state index in [9.17, 15) is 0 Å². The Morgan fingerprint density at radius 3 is 2.56 bits per heavy atom. The topological polar surface area (TPSA) is 52.1 Å². The largest absolute Gasteiger partial charge is 0.373 e. The molecule has 1 aromatic carbocycles. The Morgan fingerprint density at radius 2 is 1.89 bits per heavy atom. The van der Waals surface area contributed by atoms with Crippen molar-refractivity contribution in [3.8, 4) is 0 Å². The zero-order chi connectivity index (χ0) is 18.5. The first-order chi connectivity index (χ1) is 13.3. The SMILES string of the molecule is CN=C(NCCN1CCN(Cc2ccccc2)CC1)NC1CC2CCC1O2. The minimum atomic E-state index is 0.381. The van der Waals surface area contributed by atoms with Gasteiger partial charge < -0.3 is 15.4 Å². The number of nitrogens with zero attached hydrogens (tertiary/aromatic N) is 3. The Labute approximate surface area is 163 Å². The number of rotatable bonds is 6. The molecule has 0 saturated carbocycles.